The Hall–Kier alpha value is -2.74. The van der Waals surface area contributed by atoms with Crippen LogP contribution in [0.5, 0.6) is 11.5 Å². The fraction of sp³-hybridized carbons (Fsp3) is 0.280. The number of ether oxygens (including phenoxy) is 2. The molecule has 3 aromatic rings. The molecular formula is C25H34O2. The van der Waals surface area contributed by atoms with Crippen LogP contribution in [0.3, 0.4) is 0 Å². The summed E-state index contributed by atoms with van der Waals surface area (Å²) >= 11 is 0. The minimum Gasteiger partial charge on any atom is -0.454 e. The number of benzene rings is 3. The van der Waals surface area contributed by atoms with E-state index in [0.717, 1.165) is 11.5 Å². The Morgan fingerprint density at radius 1 is 0.519 bits per heavy atom. The van der Waals surface area contributed by atoms with E-state index in [-0.39, 0.29) is 14.9 Å². The maximum Gasteiger partial charge on any atom is 0.231 e. The molecule has 0 aromatic heterocycles. The van der Waals surface area contributed by atoms with Crippen LogP contribution >= 0.6 is 0 Å². The van der Waals surface area contributed by atoms with Crippen molar-refractivity contribution in [3.8, 4) is 11.5 Å². The average Bonchev–Trinajstić information content (AvgIpc) is 3.07. The fourth-order valence-corrected chi connectivity index (χ4v) is 2.18. The Labute approximate surface area is 165 Å². The topological polar surface area (TPSA) is 18.5 Å². The molecular weight excluding hydrogens is 332 g/mol. The Kier molecular flexibility index (Phi) is 11.3. The van der Waals surface area contributed by atoms with Crippen molar-refractivity contribution in [2.24, 2.45) is 0 Å². The molecule has 1 aliphatic heterocycles. The first-order chi connectivity index (χ1) is 12.0. The second-order valence-electron chi connectivity index (χ2n) is 6.17. The van der Waals surface area contributed by atoms with E-state index in [1.54, 1.807) is 0 Å². The molecule has 146 valence electrons. The Morgan fingerprint density at radius 2 is 0.963 bits per heavy atom. The van der Waals surface area contributed by atoms with Gasteiger partial charge in [-0.25, -0.2) is 0 Å². The van der Waals surface area contributed by atoms with E-state index >= 15 is 0 Å². The van der Waals surface area contributed by atoms with Gasteiger partial charge >= 0.3 is 0 Å². The van der Waals surface area contributed by atoms with Crippen molar-refractivity contribution in [3.63, 3.8) is 0 Å². The summed E-state index contributed by atoms with van der Waals surface area (Å²) in [5.74, 6) is 1.71. The quantitative estimate of drug-likeness (QED) is 0.416. The van der Waals surface area contributed by atoms with Crippen LogP contribution in [-0.2, 0) is 0 Å². The molecule has 0 spiro atoms. The van der Waals surface area contributed by atoms with Crippen molar-refractivity contribution in [2.45, 2.75) is 42.5 Å². The van der Waals surface area contributed by atoms with E-state index in [1.807, 2.05) is 43.3 Å². The monoisotopic (exact) mass is 366 g/mol. The lowest BCUT2D eigenvalue weighted by Gasteiger charge is -1.94. The van der Waals surface area contributed by atoms with E-state index < -0.39 is 0 Å². The van der Waals surface area contributed by atoms with Gasteiger partial charge in [-0.05, 0) is 45.4 Å². The number of hydrogen-bond acceptors (Lipinski definition) is 2. The molecule has 27 heavy (non-hydrogen) atoms. The molecule has 0 radical (unpaired) electrons. The van der Waals surface area contributed by atoms with Gasteiger partial charge in [-0.2, -0.15) is 0 Å². The van der Waals surface area contributed by atoms with Crippen LogP contribution in [0.4, 0.5) is 0 Å². The van der Waals surface area contributed by atoms with E-state index in [1.165, 1.54) is 22.3 Å². The second kappa shape index (κ2) is 12.6. The zero-order chi connectivity index (χ0) is 18.1. The largest absolute Gasteiger partial charge is 0.454 e. The van der Waals surface area contributed by atoms with Crippen LogP contribution in [0.15, 0.2) is 72.8 Å². The van der Waals surface area contributed by atoms with Gasteiger partial charge in [0.2, 0.25) is 6.79 Å². The summed E-state index contributed by atoms with van der Waals surface area (Å²) in [5, 5.41) is 0. The van der Waals surface area contributed by atoms with E-state index in [0.29, 0.717) is 6.79 Å². The lowest BCUT2D eigenvalue weighted by atomic mass is 10.2. The molecule has 4 rings (SSSR count). The van der Waals surface area contributed by atoms with E-state index in [4.69, 9.17) is 9.47 Å². The van der Waals surface area contributed by atoms with Gasteiger partial charge in [0, 0.05) is 0 Å². The van der Waals surface area contributed by atoms with Crippen molar-refractivity contribution >= 4 is 0 Å². The molecule has 0 atom stereocenters. The number of hydrogen-bond donors (Lipinski definition) is 0. The first kappa shape index (κ1) is 24.3. The molecule has 1 heterocycles. The highest BCUT2D eigenvalue weighted by Crippen LogP contribution is 2.31. The smallest absolute Gasteiger partial charge is 0.231 e. The van der Waals surface area contributed by atoms with Crippen LogP contribution in [0.1, 0.15) is 37.1 Å². The van der Waals surface area contributed by atoms with Crippen molar-refractivity contribution in [1.29, 1.82) is 0 Å². The third-order valence-corrected chi connectivity index (χ3v) is 3.69. The number of fused-ring (bicyclic) bond motifs is 1. The minimum absolute atomic E-state index is 0. The number of aryl methyl sites for hydroxylation is 4. The van der Waals surface area contributed by atoms with Gasteiger partial charge in [0.1, 0.15) is 0 Å². The summed E-state index contributed by atoms with van der Waals surface area (Å²) in [6, 6.07) is 24.7. The van der Waals surface area contributed by atoms with Crippen LogP contribution < -0.4 is 9.47 Å². The summed E-state index contributed by atoms with van der Waals surface area (Å²) in [6.07, 6.45) is 0. The molecule has 0 bridgehead atoms. The summed E-state index contributed by atoms with van der Waals surface area (Å²) in [5.41, 5.74) is 5.18. The maximum absolute atomic E-state index is 5.16. The SMILES string of the molecule is C.C.Cc1ccc(C)cc1.Cc1ccc2c(c1)OCO2.Cc1ccccc1. The van der Waals surface area contributed by atoms with Gasteiger partial charge in [-0.15, -0.1) is 0 Å². The first-order valence-corrected chi connectivity index (χ1v) is 8.46. The van der Waals surface area contributed by atoms with Crippen LogP contribution in [0.25, 0.3) is 0 Å². The molecule has 3 aromatic carbocycles. The van der Waals surface area contributed by atoms with Crippen molar-refractivity contribution in [1.82, 2.24) is 0 Å². The molecule has 0 amide bonds. The zero-order valence-electron chi connectivity index (χ0n) is 15.5. The van der Waals surface area contributed by atoms with Crippen molar-refractivity contribution in [2.75, 3.05) is 6.79 Å². The lowest BCUT2D eigenvalue weighted by molar-refractivity contribution is 0.174. The zero-order valence-corrected chi connectivity index (χ0v) is 15.5. The molecule has 0 fully saturated rings. The van der Waals surface area contributed by atoms with E-state index in [2.05, 4.69) is 57.2 Å². The van der Waals surface area contributed by atoms with Crippen molar-refractivity contribution < 1.29 is 9.47 Å². The Morgan fingerprint density at radius 3 is 1.44 bits per heavy atom. The normalized spacial score (nSPS) is 10.1. The van der Waals surface area contributed by atoms with Gasteiger partial charge in [0.25, 0.3) is 0 Å². The minimum atomic E-state index is 0. The lowest BCUT2D eigenvalue weighted by Crippen LogP contribution is -1.92. The molecule has 2 heteroatoms. The van der Waals surface area contributed by atoms with Crippen LogP contribution in [-0.4, -0.2) is 6.79 Å². The summed E-state index contributed by atoms with van der Waals surface area (Å²) in [6.45, 7) is 8.67. The Bertz CT molecular complexity index is 741. The second-order valence-corrected chi connectivity index (χ2v) is 6.17. The average molecular weight is 367 g/mol. The highest BCUT2D eigenvalue weighted by Gasteiger charge is 2.11. The van der Waals surface area contributed by atoms with Gasteiger partial charge in [-0.3, -0.25) is 0 Å². The summed E-state index contributed by atoms with van der Waals surface area (Å²) in [4.78, 5) is 0. The van der Waals surface area contributed by atoms with Crippen LogP contribution in [0.2, 0.25) is 0 Å². The van der Waals surface area contributed by atoms with Crippen LogP contribution in [0, 0.1) is 27.7 Å². The summed E-state index contributed by atoms with van der Waals surface area (Å²) in [7, 11) is 0. The molecule has 0 saturated heterocycles. The molecule has 1 aliphatic rings. The maximum atomic E-state index is 5.16. The fourth-order valence-electron chi connectivity index (χ4n) is 2.18. The molecule has 0 saturated carbocycles. The predicted octanol–water partition coefficient (Wildman–Crippen LogP) is 7.29. The highest BCUT2D eigenvalue weighted by atomic mass is 16.7. The summed E-state index contributed by atoms with van der Waals surface area (Å²) < 4.78 is 10.3. The Balaban J connectivity index is 0.000000369. The third kappa shape index (κ3) is 8.96. The van der Waals surface area contributed by atoms with E-state index in [9.17, 15) is 0 Å². The molecule has 2 nitrogen and oxygen atoms in total. The van der Waals surface area contributed by atoms with Gasteiger partial charge in [-0.1, -0.05) is 92.2 Å². The number of rotatable bonds is 0. The molecule has 0 unspecified atom stereocenters. The van der Waals surface area contributed by atoms with Gasteiger partial charge in [0.15, 0.2) is 11.5 Å². The molecule has 0 N–H and O–H groups in total. The molecule has 0 aliphatic carbocycles. The van der Waals surface area contributed by atoms with Gasteiger partial charge in [0.05, 0.1) is 0 Å². The first-order valence-electron chi connectivity index (χ1n) is 8.46. The highest BCUT2D eigenvalue weighted by molar-refractivity contribution is 5.43. The van der Waals surface area contributed by atoms with Crippen molar-refractivity contribution in [3.05, 3.63) is 95.1 Å². The van der Waals surface area contributed by atoms with Gasteiger partial charge < -0.3 is 9.47 Å². The third-order valence-electron chi connectivity index (χ3n) is 3.69. The standard InChI is InChI=1S/C8H8O2.C8H10.C7H8.2CH4/c1-6-2-3-7-8(4-6)10-5-9-7;1-7-3-5-8(2)6-4-7;1-7-5-3-2-4-6-7;;/h2-4H,5H2,1H3;3-6H,1-2H3;2-6H,1H3;2*1H4. The predicted molar refractivity (Wildman–Crippen MR) is 118 cm³/mol.